The van der Waals surface area contributed by atoms with Crippen LogP contribution in [0.3, 0.4) is 0 Å². The Morgan fingerprint density at radius 1 is 1.00 bits per heavy atom. The molecule has 2 fully saturated rings. The maximum atomic E-state index is 11.9. The SMILES string of the molecule is O=C1CCC(N2CCC(c3ccccc3)CC2)C(=O)N1. The monoisotopic (exact) mass is 272 g/mol. The van der Waals surface area contributed by atoms with Crippen LogP contribution in [0.4, 0.5) is 0 Å². The first-order valence-corrected chi connectivity index (χ1v) is 7.37. The first-order valence-electron chi connectivity index (χ1n) is 7.37. The highest BCUT2D eigenvalue weighted by atomic mass is 16.2. The molecule has 2 saturated heterocycles. The van der Waals surface area contributed by atoms with Crippen molar-refractivity contribution in [1.29, 1.82) is 0 Å². The third-order valence-corrected chi connectivity index (χ3v) is 4.45. The van der Waals surface area contributed by atoms with Crippen molar-refractivity contribution < 1.29 is 9.59 Å². The Balaban J connectivity index is 1.59. The minimum Gasteiger partial charge on any atom is -0.295 e. The molecule has 2 aliphatic heterocycles. The second-order valence-electron chi connectivity index (χ2n) is 5.69. The van der Waals surface area contributed by atoms with Gasteiger partial charge in [0.15, 0.2) is 0 Å². The minimum atomic E-state index is -0.134. The molecule has 3 rings (SSSR count). The van der Waals surface area contributed by atoms with Gasteiger partial charge in [-0.2, -0.15) is 0 Å². The largest absolute Gasteiger partial charge is 0.295 e. The van der Waals surface area contributed by atoms with Gasteiger partial charge in [0.25, 0.3) is 0 Å². The predicted octanol–water partition coefficient (Wildman–Crippen LogP) is 1.67. The molecule has 1 N–H and O–H groups in total. The van der Waals surface area contributed by atoms with Crippen molar-refractivity contribution in [3.63, 3.8) is 0 Å². The fourth-order valence-corrected chi connectivity index (χ4v) is 3.30. The molecule has 0 saturated carbocycles. The van der Waals surface area contributed by atoms with E-state index in [9.17, 15) is 9.59 Å². The number of hydrogen-bond donors (Lipinski definition) is 1. The Morgan fingerprint density at radius 2 is 1.70 bits per heavy atom. The number of nitrogens with zero attached hydrogens (tertiary/aromatic N) is 1. The summed E-state index contributed by atoms with van der Waals surface area (Å²) in [5.74, 6) is 0.352. The molecule has 1 aromatic carbocycles. The fraction of sp³-hybridized carbons (Fsp3) is 0.500. The standard InChI is InChI=1S/C16H20N2O2/c19-15-7-6-14(16(20)17-15)18-10-8-13(9-11-18)12-4-2-1-3-5-12/h1-5,13-14H,6-11H2,(H,17,19,20). The molecule has 0 aromatic heterocycles. The molecule has 0 aliphatic carbocycles. The van der Waals surface area contributed by atoms with E-state index >= 15 is 0 Å². The molecule has 2 heterocycles. The van der Waals surface area contributed by atoms with Crippen LogP contribution >= 0.6 is 0 Å². The molecule has 1 aromatic rings. The minimum absolute atomic E-state index is 0.107. The smallest absolute Gasteiger partial charge is 0.243 e. The quantitative estimate of drug-likeness (QED) is 0.833. The lowest BCUT2D eigenvalue weighted by Crippen LogP contribution is -2.54. The van der Waals surface area contributed by atoms with Crippen molar-refractivity contribution in [1.82, 2.24) is 10.2 Å². The molecule has 20 heavy (non-hydrogen) atoms. The summed E-state index contributed by atoms with van der Waals surface area (Å²) in [7, 11) is 0. The summed E-state index contributed by atoms with van der Waals surface area (Å²) in [6.45, 7) is 1.87. The zero-order valence-corrected chi connectivity index (χ0v) is 11.5. The van der Waals surface area contributed by atoms with Crippen LogP contribution in [-0.2, 0) is 9.59 Å². The lowest BCUT2D eigenvalue weighted by atomic mass is 9.88. The van der Waals surface area contributed by atoms with E-state index in [1.165, 1.54) is 5.56 Å². The van der Waals surface area contributed by atoms with Gasteiger partial charge < -0.3 is 0 Å². The Hall–Kier alpha value is -1.68. The van der Waals surface area contributed by atoms with E-state index in [0.717, 1.165) is 25.9 Å². The van der Waals surface area contributed by atoms with Crippen molar-refractivity contribution in [3.8, 4) is 0 Å². The van der Waals surface area contributed by atoms with E-state index in [1.807, 2.05) is 6.07 Å². The van der Waals surface area contributed by atoms with Crippen molar-refractivity contribution in [2.75, 3.05) is 13.1 Å². The van der Waals surface area contributed by atoms with Gasteiger partial charge in [-0.15, -0.1) is 0 Å². The Kier molecular flexibility index (Phi) is 3.83. The molecule has 106 valence electrons. The van der Waals surface area contributed by atoms with Gasteiger partial charge in [-0.1, -0.05) is 30.3 Å². The molecule has 2 aliphatic rings. The predicted molar refractivity (Wildman–Crippen MR) is 76.2 cm³/mol. The van der Waals surface area contributed by atoms with Crippen LogP contribution in [0, 0.1) is 0 Å². The highest BCUT2D eigenvalue weighted by molar-refractivity contribution is 6.00. The van der Waals surface area contributed by atoms with Crippen LogP contribution in [0.15, 0.2) is 30.3 Å². The number of rotatable bonds is 2. The first-order chi connectivity index (χ1) is 9.74. The van der Waals surface area contributed by atoms with Gasteiger partial charge in [0.1, 0.15) is 0 Å². The second kappa shape index (κ2) is 5.75. The van der Waals surface area contributed by atoms with Crippen LogP contribution < -0.4 is 5.32 Å². The average molecular weight is 272 g/mol. The van der Waals surface area contributed by atoms with Gasteiger partial charge >= 0.3 is 0 Å². The molecular formula is C16H20N2O2. The Bertz CT molecular complexity index is 492. The van der Waals surface area contributed by atoms with Crippen LogP contribution in [0.25, 0.3) is 0 Å². The zero-order valence-electron chi connectivity index (χ0n) is 11.5. The zero-order chi connectivity index (χ0) is 13.9. The number of carbonyl (C=O) groups is 2. The molecule has 0 radical (unpaired) electrons. The molecule has 1 unspecified atom stereocenters. The highest BCUT2D eigenvalue weighted by Crippen LogP contribution is 2.29. The number of benzene rings is 1. The Labute approximate surface area is 119 Å². The van der Waals surface area contributed by atoms with Gasteiger partial charge in [0, 0.05) is 6.42 Å². The molecule has 2 amide bonds. The molecule has 0 bridgehead atoms. The normalized spacial score (nSPS) is 25.5. The molecule has 1 atom stereocenters. The van der Waals surface area contributed by atoms with Crippen molar-refractivity contribution in [2.24, 2.45) is 0 Å². The number of carbonyl (C=O) groups excluding carboxylic acids is 2. The van der Waals surface area contributed by atoms with Gasteiger partial charge in [0.2, 0.25) is 11.8 Å². The topological polar surface area (TPSA) is 49.4 Å². The van der Waals surface area contributed by atoms with Crippen LogP contribution in [0.1, 0.15) is 37.2 Å². The van der Waals surface area contributed by atoms with Crippen molar-refractivity contribution >= 4 is 11.8 Å². The molecule has 4 nitrogen and oxygen atoms in total. The van der Waals surface area contributed by atoms with E-state index in [2.05, 4.69) is 34.5 Å². The third-order valence-electron chi connectivity index (χ3n) is 4.45. The van der Waals surface area contributed by atoms with Crippen LogP contribution in [-0.4, -0.2) is 35.8 Å². The summed E-state index contributed by atoms with van der Waals surface area (Å²) in [6.07, 6.45) is 3.30. The van der Waals surface area contributed by atoms with Gasteiger partial charge in [-0.3, -0.25) is 19.8 Å². The Morgan fingerprint density at radius 3 is 2.35 bits per heavy atom. The number of imide groups is 1. The number of amides is 2. The van der Waals surface area contributed by atoms with E-state index < -0.39 is 0 Å². The first kappa shape index (κ1) is 13.3. The number of likely N-dealkylation sites (tertiary alicyclic amines) is 1. The van der Waals surface area contributed by atoms with E-state index in [-0.39, 0.29) is 17.9 Å². The molecule has 4 heteroatoms. The number of nitrogens with one attached hydrogen (secondary N) is 1. The van der Waals surface area contributed by atoms with Crippen molar-refractivity contribution in [3.05, 3.63) is 35.9 Å². The van der Waals surface area contributed by atoms with Gasteiger partial charge in [0.05, 0.1) is 6.04 Å². The lowest BCUT2D eigenvalue weighted by molar-refractivity contribution is -0.137. The van der Waals surface area contributed by atoms with Crippen LogP contribution in [0.5, 0.6) is 0 Å². The summed E-state index contributed by atoms with van der Waals surface area (Å²) in [6, 6.07) is 10.5. The molecule has 0 spiro atoms. The van der Waals surface area contributed by atoms with Crippen molar-refractivity contribution in [2.45, 2.75) is 37.6 Å². The summed E-state index contributed by atoms with van der Waals surface area (Å²) in [5.41, 5.74) is 1.40. The van der Waals surface area contributed by atoms with E-state index in [0.29, 0.717) is 18.8 Å². The number of hydrogen-bond acceptors (Lipinski definition) is 3. The van der Waals surface area contributed by atoms with Gasteiger partial charge in [-0.05, 0) is 43.8 Å². The van der Waals surface area contributed by atoms with E-state index in [4.69, 9.17) is 0 Å². The highest BCUT2D eigenvalue weighted by Gasteiger charge is 2.33. The fourth-order valence-electron chi connectivity index (χ4n) is 3.30. The summed E-state index contributed by atoms with van der Waals surface area (Å²) in [5, 5.41) is 2.45. The van der Waals surface area contributed by atoms with Gasteiger partial charge in [-0.25, -0.2) is 0 Å². The molecular weight excluding hydrogens is 252 g/mol. The maximum absolute atomic E-state index is 11.9. The second-order valence-corrected chi connectivity index (χ2v) is 5.69. The van der Waals surface area contributed by atoms with E-state index in [1.54, 1.807) is 0 Å². The summed E-state index contributed by atoms with van der Waals surface area (Å²) < 4.78 is 0. The average Bonchev–Trinajstić information content (AvgIpc) is 2.48. The van der Waals surface area contributed by atoms with Crippen LogP contribution in [0.2, 0.25) is 0 Å². The summed E-state index contributed by atoms with van der Waals surface area (Å²) in [4.78, 5) is 25.3. The summed E-state index contributed by atoms with van der Waals surface area (Å²) >= 11 is 0. The maximum Gasteiger partial charge on any atom is 0.243 e. The lowest BCUT2D eigenvalue weighted by Gasteiger charge is -2.38. The third kappa shape index (κ3) is 2.75. The number of piperidine rings is 2.